The Morgan fingerprint density at radius 1 is 0.952 bits per heavy atom. The number of hydrogen-bond donors (Lipinski definition) is 0. The highest BCUT2D eigenvalue weighted by Crippen LogP contribution is 2.48. The minimum Gasteiger partial charge on any atom is -0.466 e. The molecule has 1 atom stereocenters. The topological polar surface area (TPSA) is 35.5 Å². The average molecular weight is 280 g/mol. The van der Waals surface area contributed by atoms with Crippen molar-refractivity contribution in [3.05, 3.63) is 71.3 Å². The van der Waals surface area contributed by atoms with Crippen LogP contribution in [-0.4, -0.2) is 20.2 Å². The highest BCUT2D eigenvalue weighted by atomic mass is 16.6. The van der Waals surface area contributed by atoms with Crippen LogP contribution in [-0.2, 0) is 19.9 Å². The third-order valence-electron chi connectivity index (χ3n) is 3.88. The zero-order valence-electron chi connectivity index (χ0n) is 12.0. The normalized spacial score (nSPS) is 19.8. The first-order chi connectivity index (χ1) is 10.2. The van der Waals surface area contributed by atoms with Crippen LogP contribution in [0.5, 0.6) is 0 Å². The summed E-state index contributed by atoms with van der Waals surface area (Å²) in [5.74, 6) is -0.412. The molecule has 2 aromatic rings. The monoisotopic (exact) mass is 280 g/mol. The van der Waals surface area contributed by atoms with Gasteiger partial charge in [-0.05, 0) is 17.2 Å². The molecule has 106 valence electrons. The minimum absolute atomic E-state index is 0.412. The molecule has 0 amide bonds. The van der Waals surface area contributed by atoms with E-state index in [0.29, 0.717) is 0 Å². The number of esters is 1. The summed E-state index contributed by atoms with van der Waals surface area (Å²) in [6, 6.07) is 17.5. The summed E-state index contributed by atoms with van der Waals surface area (Å²) >= 11 is 0. The number of carbonyl (C=O) groups is 1. The lowest BCUT2D eigenvalue weighted by Crippen LogP contribution is -2.38. The lowest BCUT2D eigenvalue weighted by atomic mass is 9.86. The molecule has 0 heterocycles. The fourth-order valence-corrected chi connectivity index (χ4v) is 2.92. The molecule has 0 saturated carbocycles. The Hall–Kier alpha value is -2.39. The van der Waals surface area contributed by atoms with Crippen molar-refractivity contribution >= 4 is 17.6 Å². The maximum atomic E-state index is 12.5. The van der Waals surface area contributed by atoms with Gasteiger partial charge in [-0.15, -0.1) is 0 Å². The molecule has 0 bridgehead atoms. The fraction of sp³-hybridized carbons (Fsp3) is 0.167. The largest absolute Gasteiger partial charge is 0.466 e. The molecular formula is C18H16O3. The molecule has 1 unspecified atom stereocenters. The van der Waals surface area contributed by atoms with Crippen LogP contribution in [0.3, 0.4) is 0 Å². The maximum Gasteiger partial charge on any atom is 0.347 e. The first kappa shape index (κ1) is 13.6. The van der Waals surface area contributed by atoms with Gasteiger partial charge in [-0.2, -0.15) is 0 Å². The second kappa shape index (κ2) is 5.19. The smallest absolute Gasteiger partial charge is 0.347 e. The van der Waals surface area contributed by atoms with Gasteiger partial charge in [0.05, 0.1) is 7.11 Å². The van der Waals surface area contributed by atoms with E-state index in [1.807, 2.05) is 60.7 Å². The van der Waals surface area contributed by atoms with Gasteiger partial charge in [0.25, 0.3) is 0 Å². The Morgan fingerprint density at radius 3 is 2.29 bits per heavy atom. The lowest BCUT2D eigenvalue weighted by molar-refractivity contribution is -0.159. The maximum absolute atomic E-state index is 12.5. The molecule has 1 aliphatic rings. The Balaban J connectivity index is 2.26. The summed E-state index contributed by atoms with van der Waals surface area (Å²) < 4.78 is 10.7. The van der Waals surface area contributed by atoms with Crippen molar-refractivity contribution < 1.29 is 14.3 Å². The fourth-order valence-electron chi connectivity index (χ4n) is 2.92. The molecule has 0 aliphatic heterocycles. The molecule has 0 fully saturated rings. The lowest BCUT2D eigenvalue weighted by Gasteiger charge is -2.29. The van der Waals surface area contributed by atoms with Gasteiger partial charge in [0, 0.05) is 18.2 Å². The van der Waals surface area contributed by atoms with Crippen LogP contribution in [0.15, 0.2) is 54.6 Å². The van der Waals surface area contributed by atoms with Crippen LogP contribution in [0, 0.1) is 0 Å². The summed E-state index contributed by atoms with van der Waals surface area (Å²) in [7, 11) is 2.92. The van der Waals surface area contributed by atoms with Crippen molar-refractivity contribution in [1.29, 1.82) is 0 Å². The average Bonchev–Trinajstić information content (AvgIpc) is 2.90. The van der Waals surface area contributed by atoms with Crippen LogP contribution in [0.25, 0.3) is 11.6 Å². The molecule has 0 spiro atoms. The highest BCUT2D eigenvalue weighted by Gasteiger charge is 2.50. The van der Waals surface area contributed by atoms with E-state index in [9.17, 15) is 4.79 Å². The first-order valence-corrected chi connectivity index (χ1v) is 6.74. The van der Waals surface area contributed by atoms with Crippen molar-refractivity contribution in [1.82, 2.24) is 0 Å². The number of benzene rings is 2. The number of hydrogen-bond acceptors (Lipinski definition) is 3. The van der Waals surface area contributed by atoms with Gasteiger partial charge in [0.1, 0.15) is 0 Å². The van der Waals surface area contributed by atoms with Crippen LogP contribution in [0.2, 0.25) is 0 Å². The van der Waals surface area contributed by atoms with Crippen molar-refractivity contribution in [2.24, 2.45) is 0 Å². The van der Waals surface area contributed by atoms with Crippen LogP contribution < -0.4 is 0 Å². The minimum atomic E-state index is -1.20. The number of ether oxygens (including phenoxy) is 2. The van der Waals surface area contributed by atoms with Gasteiger partial charge in [0.15, 0.2) is 0 Å². The van der Waals surface area contributed by atoms with Crippen molar-refractivity contribution in [3.63, 3.8) is 0 Å². The predicted octanol–water partition coefficient (Wildman–Crippen LogP) is 3.26. The molecule has 0 saturated heterocycles. The third kappa shape index (κ3) is 1.89. The molecular weight excluding hydrogens is 264 g/mol. The summed E-state index contributed by atoms with van der Waals surface area (Å²) in [6.45, 7) is 0. The molecule has 3 nitrogen and oxygen atoms in total. The van der Waals surface area contributed by atoms with Crippen molar-refractivity contribution in [3.8, 4) is 0 Å². The van der Waals surface area contributed by atoms with E-state index in [0.717, 1.165) is 22.3 Å². The van der Waals surface area contributed by atoms with Gasteiger partial charge in [0.2, 0.25) is 5.60 Å². The summed E-state index contributed by atoms with van der Waals surface area (Å²) in [6.07, 6.45) is 1.99. The summed E-state index contributed by atoms with van der Waals surface area (Å²) in [4.78, 5) is 12.5. The number of carbonyl (C=O) groups excluding carboxylic acids is 1. The van der Waals surface area contributed by atoms with E-state index >= 15 is 0 Å². The molecule has 1 aliphatic carbocycles. The SMILES string of the molecule is COC(=O)C1(OC)C(c2ccccc2)=Cc2ccccc21. The Kier molecular flexibility index (Phi) is 3.35. The second-order valence-corrected chi connectivity index (χ2v) is 4.89. The molecule has 0 N–H and O–H groups in total. The van der Waals surface area contributed by atoms with Gasteiger partial charge in [-0.25, -0.2) is 4.79 Å². The Morgan fingerprint density at radius 2 is 1.62 bits per heavy atom. The summed E-state index contributed by atoms with van der Waals surface area (Å²) in [5.41, 5.74) is 2.34. The number of methoxy groups -OCH3 is 2. The van der Waals surface area contributed by atoms with Crippen LogP contribution >= 0.6 is 0 Å². The molecule has 21 heavy (non-hydrogen) atoms. The van der Waals surface area contributed by atoms with Crippen LogP contribution in [0.1, 0.15) is 16.7 Å². The van der Waals surface area contributed by atoms with Crippen molar-refractivity contribution in [2.75, 3.05) is 14.2 Å². The highest BCUT2D eigenvalue weighted by molar-refractivity contribution is 6.07. The van der Waals surface area contributed by atoms with Gasteiger partial charge in [-0.1, -0.05) is 54.6 Å². The molecule has 2 aromatic carbocycles. The molecule has 3 heteroatoms. The molecule has 3 rings (SSSR count). The summed E-state index contributed by atoms with van der Waals surface area (Å²) in [5, 5.41) is 0. The van der Waals surface area contributed by atoms with Gasteiger partial charge >= 0.3 is 5.97 Å². The van der Waals surface area contributed by atoms with Gasteiger partial charge < -0.3 is 9.47 Å². The zero-order chi connectivity index (χ0) is 14.9. The van der Waals surface area contributed by atoms with E-state index in [2.05, 4.69) is 0 Å². The van der Waals surface area contributed by atoms with E-state index in [1.54, 1.807) is 0 Å². The van der Waals surface area contributed by atoms with Crippen LogP contribution in [0.4, 0.5) is 0 Å². The predicted molar refractivity (Wildman–Crippen MR) is 81.5 cm³/mol. The van der Waals surface area contributed by atoms with E-state index in [1.165, 1.54) is 14.2 Å². The van der Waals surface area contributed by atoms with E-state index in [-0.39, 0.29) is 0 Å². The number of fused-ring (bicyclic) bond motifs is 1. The second-order valence-electron chi connectivity index (χ2n) is 4.89. The van der Waals surface area contributed by atoms with E-state index < -0.39 is 11.6 Å². The molecule has 0 aromatic heterocycles. The Bertz CT molecular complexity index is 703. The standard InChI is InChI=1S/C18H16O3/c1-20-17(19)18(21-2)15-11-7-6-10-14(15)12-16(18)13-8-4-3-5-9-13/h3-12H,1-2H3. The zero-order valence-corrected chi connectivity index (χ0v) is 12.0. The first-order valence-electron chi connectivity index (χ1n) is 6.74. The third-order valence-corrected chi connectivity index (χ3v) is 3.88. The number of rotatable bonds is 3. The molecule has 0 radical (unpaired) electrons. The van der Waals surface area contributed by atoms with E-state index in [4.69, 9.17) is 9.47 Å². The quantitative estimate of drug-likeness (QED) is 0.810. The Labute approximate surface area is 123 Å². The van der Waals surface area contributed by atoms with Crippen molar-refractivity contribution in [2.45, 2.75) is 5.60 Å². The van der Waals surface area contributed by atoms with Gasteiger partial charge in [-0.3, -0.25) is 0 Å².